The lowest BCUT2D eigenvalue weighted by molar-refractivity contribution is -0.122. The zero-order valence-corrected chi connectivity index (χ0v) is 18.4. The van der Waals surface area contributed by atoms with Crippen molar-refractivity contribution in [3.63, 3.8) is 0 Å². The molecule has 1 heterocycles. The number of methoxy groups -OCH3 is 1. The van der Waals surface area contributed by atoms with E-state index in [1.165, 1.54) is 57.8 Å². The van der Waals surface area contributed by atoms with Gasteiger partial charge in [-0.25, -0.2) is 4.79 Å². The van der Waals surface area contributed by atoms with Crippen LogP contribution in [0.25, 0.3) is 0 Å². The number of urea groups is 1. The van der Waals surface area contributed by atoms with E-state index in [0.29, 0.717) is 13.1 Å². The van der Waals surface area contributed by atoms with Crippen molar-refractivity contribution < 1.29 is 14.3 Å². The third kappa shape index (κ3) is 6.64. The maximum atomic E-state index is 12.8. The van der Waals surface area contributed by atoms with E-state index in [9.17, 15) is 9.59 Å². The summed E-state index contributed by atoms with van der Waals surface area (Å²) in [7, 11) is 1.62. The van der Waals surface area contributed by atoms with E-state index in [4.69, 9.17) is 4.74 Å². The number of amides is 3. The monoisotopic (exact) mass is 415 g/mol. The molecule has 0 radical (unpaired) electrons. The molecule has 6 nitrogen and oxygen atoms in total. The van der Waals surface area contributed by atoms with Crippen LogP contribution in [0.1, 0.15) is 70.6 Å². The molecule has 1 saturated heterocycles. The topological polar surface area (TPSA) is 61.9 Å². The summed E-state index contributed by atoms with van der Waals surface area (Å²) >= 11 is 0. The summed E-state index contributed by atoms with van der Waals surface area (Å²) in [5.74, 6) is 0.732. The summed E-state index contributed by atoms with van der Waals surface area (Å²) in [6.45, 7) is 1.31. The van der Waals surface area contributed by atoms with Crippen LogP contribution in [-0.2, 0) is 4.79 Å². The third-order valence-corrected chi connectivity index (χ3v) is 6.28. The molecular weight excluding hydrogens is 378 g/mol. The minimum Gasteiger partial charge on any atom is -0.497 e. The quantitative estimate of drug-likeness (QED) is 0.756. The van der Waals surface area contributed by atoms with Crippen LogP contribution in [0.15, 0.2) is 24.3 Å². The molecule has 3 rings (SSSR count). The molecule has 1 saturated carbocycles. The van der Waals surface area contributed by atoms with Crippen LogP contribution in [0.2, 0.25) is 0 Å². The first-order valence-corrected chi connectivity index (χ1v) is 11.7. The highest BCUT2D eigenvalue weighted by Gasteiger charge is 2.31. The number of ether oxygens (including phenoxy) is 1. The van der Waals surface area contributed by atoms with Gasteiger partial charge in [0, 0.05) is 24.8 Å². The second-order valence-electron chi connectivity index (χ2n) is 8.58. The van der Waals surface area contributed by atoms with Gasteiger partial charge in [0.2, 0.25) is 5.91 Å². The van der Waals surface area contributed by atoms with Gasteiger partial charge < -0.3 is 15.0 Å². The van der Waals surface area contributed by atoms with E-state index in [1.807, 2.05) is 24.3 Å². The predicted molar refractivity (Wildman–Crippen MR) is 120 cm³/mol. The minimum atomic E-state index is -0.103. The maximum absolute atomic E-state index is 12.8. The van der Waals surface area contributed by atoms with Crippen molar-refractivity contribution >= 4 is 17.6 Å². The van der Waals surface area contributed by atoms with Crippen molar-refractivity contribution in [3.05, 3.63) is 24.3 Å². The molecule has 0 spiro atoms. The van der Waals surface area contributed by atoms with E-state index >= 15 is 0 Å². The average Bonchev–Trinajstić information content (AvgIpc) is 3.10. The van der Waals surface area contributed by atoms with Gasteiger partial charge in [0.15, 0.2) is 0 Å². The van der Waals surface area contributed by atoms with E-state index in [-0.39, 0.29) is 24.5 Å². The van der Waals surface area contributed by atoms with Crippen molar-refractivity contribution in [1.82, 2.24) is 10.2 Å². The average molecular weight is 416 g/mol. The number of rotatable bonds is 5. The highest BCUT2D eigenvalue weighted by Crippen LogP contribution is 2.23. The van der Waals surface area contributed by atoms with Crippen LogP contribution < -0.4 is 15.0 Å². The lowest BCUT2D eigenvalue weighted by atomic mass is 9.98. The molecule has 1 aromatic carbocycles. The Kier molecular flexibility index (Phi) is 8.84. The predicted octanol–water partition coefficient (Wildman–Crippen LogP) is 4.73. The maximum Gasteiger partial charge on any atom is 0.325 e. The summed E-state index contributed by atoms with van der Waals surface area (Å²) in [5.41, 5.74) is 0.836. The van der Waals surface area contributed by atoms with E-state index in [0.717, 1.165) is 24.3 Å². The van der Waals surface area contributed by atoms with E-state index in [1.54, 1.807) is 16.9 Å². The van der Waals surface area contributed by atoms with Crippen LogP contribution in [0.4, 0.5) is 10.5 Å². The summed E-state index contributed by atoms with van der Waals surface area (Å²) < 4.78 is 5.18. The highest BCUT2D eigenvalue weighted by molar-refractivity contribution is 5.96. The Bertz CT molecular complexity index is 665. The molecule has 1 aliphatic heterocycles. The second kappa shape index (κ2) is 11.8. The third-order valence-electron chi connectivity index (χ3n) is 6.28. The standard InChI is InChI=1S/C24H37N3O3/c1-30-22-15-13-21(14-16-22)27-18-17-26(24(27)29)19-23(28)25-20-11-9-7-5-3-2-4-6-8-10-12-20/h13-16,20H,2-12,17-19H2,1H3,(H,25,28). The van der Waals surface area contributed by atoms with Crippen LogP contribution in [-0.4, -0.2) is 49.6 Å². The molecule has 1 aliphatic carbocycles. The van der Waals surface area contributed by atoms with Gasteiger partial charge in [-0.2, -0.15) is 0 Å². The molecule has 0 atom stereocenters. The number of carbonyl (C=O) groups excluding carboxylic acids is 2. The molecule has 3 amide bonds. The molecule has 0 bridgehead atoms. The Labute approximate surface area is 180 Å². The fraction of sp³-hybridized carbons (Fsp3) is 0.667. The first-order chi connectivity index (χ1) is 14.7. The Hall–Kier alpha value is -2.24. The van der Waals surface area contributed by atoms with Gasteiger partial charge in [-0.05, 0) is 37.1 Å². The summed E-state index contributed by atoms with van der Waals surface area (Å²) in [6, 6.07) is 7.60. The fourth-order valence-electron chi connectivity index (χ4n) is 4.49. The van der Waals surface area contributed by atoms with E-state index in [2.05, 4.69) is 5.32 Å². The minimum absolute atomic E-state index is 0.0305. The smallest absolute Gasteiger partial charge is 0.325 e. The van der Waals surface area contributed by atoms with Crippen LogP contribution in [0.5, 0.6) is 5.75 Å². The van der Waals surface area contributed by atoms with Crippen molar-refractivity contribution in [2.24, 2.45) is 0 Å². The Morgan fingerprint density at radius 3 is 2.07 bits per heavy atom. The van der Waals surface area contributed by atoms with Crippen LogP contribution in [0.3, 0.4) is 0 Å². The van der Waals surface area contributed by atoms with Crippen molar-refractivity contribution in [1.29, 1.82) is 0 Å². The number of hydrogen-bond donors (Lipinski definition) is 1. The van der Waals surface area contributed by atoms with Gasteiger partial charge >= 0.3 is 6.03 Å². The molecule has 2 aliphatic rings. The van der Waals surface area contributed by atoms with Gasteiger partial charge in [-0.1, -0.05) is 57.8 Å². The first kappa shape index (κ1) is 22.4. The first-order valence-electron chi connectivity index (χ1n) is 11.7. The molecule has 166 valence electrons. The van der Waals surface area contributed by atoms with Crippen molar-refractivity contribution in [2.75, 3.05) is 31.6 Å². The summed E-state index contributed by atoms with van der Waals surface area (Å²) in [6.07, 6.45) is 13.7. The van der Waals surface area contributed by atoms with Crippen molar-refractivity contribution in [3.8, 4) is 5.75 Å². The van der Waals surface area contributed by atoms with Gasteiger partial charge in [0.25, 0.3) is 0 Å². The number of benzene rings is 1. The normalized spacial score (nSPS) is 19.8. The number of hydrogen-bond acceptors (Lipinski definition) is 3. The summed E-state index contributed by atoms with van der Waals surface area (Å²) in [4.78, 5) is 28.8. The van der Waals surface area contributed by atoms with E-state index < -0.39 is 0 Å². The molecular formula is C24H37N3O3. The van der Waals surface area contributed by atoms with Crippen molar-refractivity contribution in [2.45, 2.75) is 76.7 Å². The van der Waals surface area contributed by atoms with Gasteiger partial charge in [-0.3, -0.25) is 9.69 Å². The van der Waals surface area contributed by atoms with Gasteiger partial charge in [0.05, 0.1) is 7.11 Å². The fourth-order valence-corrected chi connectivity index (χ4v) is 4.49. The molecule has 6 heteroatoms. The number of anilines is 1. The largest absolute Gasteiger partial charge is 0.497 e. The highest BCUT2D eigenvalue weighted by atomic mass is 16.5. The Morgan fingerprint density at radius 2 is 1.50 bits per heavy atom. The van der Waals surface area contributed by atoms with Crippen LogP contribution >= 0.6 is 0 Å². The lowest BCUT2D eigenvalue weighted by Crippen LogP contribution is -2.43. The Morgan fingerprint density at radius 1 is 0.933 bits per heavy atom. The zero-order chi connectivity index (χ0) is 21.2. The summed E-state index contributed by atoms with van der Waals surface area (Å²) in [5, 5.41) is 3.22. The number of nitrogens with zero attached hydrogens (tertiary/aromatic N) is 2. The zero-order valence-electron chi connectivity index (χ0n) is 18.4. The molecule has 0 unspecified atom stereocenters. The van der Waals surface area contributed by atoms with Crippen LogP contribution in [0, 0.1) is 0 Å². The van der Waals surface area contributed by atoms with Gasteiger partial charge in [0.1, 0.15) is 12.3 Å². The Balaban J connectivity index is 1.48. The lowest BCUT2D eigenvalue weighted by Gasteiger charge is -2.22. The number of carbonyl (C=O) groups is 2. The van der Waals surface area contributed by atoms with Gasteiger partial charge in [-0.15, -0.1) is 0 Å². The molecule has 2 fully saturated rings. The molecule has 1 aromatic rings. The molecule has 30 heavy (non-hydrogen) atoms. The molecule has 1 N–H and O–H groups in total. The number of nitrogens with one attached hydrogen (secondary N) is 1. The second-order valence-corrected chi connectivity index (χ2v) is 8.58. The SMILES string of the molecule is COc1ccc(N2CCN(CC(=O)NC3CCCCCCCCCCC3)C2=O)cc1. The molecule has 0 aromatic heterocycles.